The van der Waals surface area contributed by atoms with Crippen LogP contribution in [0.3, 0.4) is 0 Å². The summed E-state index contributed by atoms with van der Waals surface area (Å²) in [6.07, 6.45) is 0. The van der Waals surface area contributed by atoms with Crippen LogP contribution in [-0.4, -0.2) is 31.2 Å². The molecular formula is C16H15N3O3S. The summed E-state index contributed by atoms with van der Waals surface area (Å²) < 4.78 is 10.6. The van der Waals surface area contributed by atoms with Crippen LogP contribution in [0.4, 0.5) is 5.00 Å². The fourth-order valence-electron chi connectivity index (χ4n) is 2.31. The van der Waals surface area contributed by atoms with E-state index in [2.05, 4.69) is 11.4 Å². The van der Waals surface area contributed by atoms with Gasteiger partial charge in [-0.3, -0.25) is 9.69 Å². The Morgan fingerprint density at radius 1 is 1.39 bits per heavy atom. The highest BCUT2D eigenvalue weighted by molar-refractivity contribution is 7.14. The van der Waals surface area contributed by atoms with Gasteiger partial charge in [0, 0.05) is 6.54 Å². The van der Waals surface area contributed by atoms with Crippen molar-refractivity contribution >= 4 is 22.2 Å². The molecule has 2 heterocycles. The third-order valence-electron chi connectivity index (χ3n) is 3.34. The number of amides is 1. The van der Waals surface area contributed by atoms with Crippen molar-refractivity contribution in [2.45, 2.75) is 6.54 Å². The standard InChI is InChI=1S/C16H15N3O3S/c1-19(8-11-2-3-13-14(6-11)22-10-21-13)9-15(20)18-16-12(7-17)4-5-23-16/h2-6H,8-10H2,1H3,(H,18,20). The first-order valence-corrected chi connectivity index (χ1v) is 7.88. The van der Waals surface area contributed by atoms with Gasteiger partial charge in [0.15, 0.2) is 11.5 Å². The number of benzene rings is 1. The lowest BCUT2D eigenvalue weighted by Gasteiger charge is -2.16. The smallest absolute Gasteiger partial charge is 0.239 e. The number of hydrogen-bond donors (Lipinski definition) is 1. The molecule has 0 radical (unpaired) electrons. The number of fused-ring (bicyclic) bond motifs is 1. The fourth-order valence-corrected chi connectivity index (χ4v) is 3.07. The zero-order valence-electron chi connectivity index (χ0n) is 12.5. The molecule has 7 heteroatoms. The highest BCUT2D eigenvalue weighted by Crippen LogP contribution is 2.32. The van der Waals surface area contributed by atoms with Crippen molar-refractivity contribution in [3.8, 4) is 17.6 Å². The van der Waals surface area contributed by atoms with E-state index in [4.69, 9.17) is 14.7 Å². The summed E-state index contributed by atoms with van der Waals surface area (Å²) in [6.45, 7) is 1.09. The molecule has 0 fully saturated rings. The van der Waals surface area contributed by atoms with Crippen molar-refractivity contribution in [1.82, 2.24) is 4.90 Å². The molecule has 1 aromatic carbocycles. The molecule has 1 amide bonds. The first-order valence-electron chi connectivity index (χ1n) is 7.00. The molecule has 0 saturated heterocycles. The number of anilines is 1. The van der Waals surface area contributed by atoms with Crippen molar-refractivity contribution in [2.24, 2.45) is 0 Å². The maximum Gasteiger partial charge on any atom is 0.239 e. The van der Waals surface area contributed by atoms with Crippen LogP contribution in [0.1, 0.15) is 11.1 Å². The van der Waals surface area contributed by atoms with Gasteiger partial charge < -0.3 is 14.8 Å². The summed E-state index contributed by atoms with van der Waals surface area (Å²) in [6, 6.07) is 9.49. The zero-order valence-corrected chi connectivity index (χ0v) is 13.4. The van der Waals surface area contributed by atoms with E-state index in [9.17, 15) is 4.79 Å². The Hall–Kier alpha value is -2.56. The summed E-state index contributed by atoms with van der Waals surface area (Å²) in [5, 5.41) is 14.1. The topological polar surface area (TPSA) is 74.6 Å². The molecule has 6 nitrogen and oxygen atoms in total. The first-order chi connectivity index (χ1) is 11.2. The Balaban J connectivity index is 1.56. The molecule has 0 unspecified atom stereocenters. The van der Waals surface area contributed by atoms with E-state index < -0.39 is 0 Å². The van der Waals surface area contributed by atoms with E-state index in [1.807, 2.05) is 30.1 Å². The average molecular weight is 329 g/mol. The quantitative estimate of drug-likeness (QED) is 0.912. The Morgan fingerprint density at radius 3 is 3.04 bits per heavy atom. The molecule has 0 saturated carbocycles. The van der Waals surface area contributed by atoms with Gasteiger partial charge in [0.05, 0.1) is 12.1 Å². The Kier molecular flexibility index (Phi) is 4.46. The van der Waals surface area contributed by atoms with E-state index in [0.29, 0.717) is 17.1 Å². The van der Waals surface area contributed by atoms with E-state index in [1.54, 1.807) is 11.4 Å². The molecule has 1 aromatic heterocycles. The highest BCUT2D eigenvalue weighted by Gasteiger charge is 2.15. The van der Waals surface area contributed by atoms with Crippen LogP contribution in [0.25, 0.3) is 0 Å². The summed E-state index contributed by atoms with van der Waals surface area (Å²) in [4.78, 5) is 14.0. The second-order valence-electron chi connectivity index (χ2n) is 5.18. The number of ether oxygens (including phenoxy) is 2. The first kappa shape index (κ1) is 15.3. The maximum atomic E-state index is 12.1. The van der Waals surface area contributed by atoms with E-state index >= 15 is 0 Å². The fraction of sp³-hybridized carbons (Fsp3) is 0.250. The van der Waals surface area contributed by atoms with Crippen molar-refractivity contribution in [3.63, 3.8) is 0 Å². The predicted molar refractivity (Wildman–Crippen MR) is 86.6 cm³/mol. The second-order valence-corrected chi connectivity index (χ2v) is 6.10. The number of nitrogens with zero attached hydrogens (tertiary/aromatic N) is 2. The van der Waals surface area contributed by atoms with E-state index in [1.165, 1.54) is 11.3 Å². The van der Waals surface area contributed by atoms with Crippen LogP contribution in [0.5, 0.6) is 11.5 Å². The van der Waals surface area contributed by atoms with Gasteiger partial charge in [0.25, 0.3) is 0 Å². The minimum Gasteiger partial charge on any atom is -0.454 e. The van der Waals surface area contributed by atoms with Crippen LogP contribution < -0.4 is 14.8 Å². The number of nitrogens with one attached hydrogen (secondary N) is 1. The minimum atomic E-state index is -0.146. The van der Waals surface area contributed by atoms with Gasteiger partial charge in [-0.2, -0.15) is 5.26 Å². The SMILES string of the molecule is CN(CC(=O)Nc1sccc1C#N)Cc1ccc2c(c1)OCO2. The van der Waals surface area contributed by atoms with Crippen molar-refractivity contribution in [3.05, 3.63) is 40.8 Å². The molecule has 0 aliphatic carbocycles. The Morgan fingerprint density at radius 2 is 2.22 bits per heavy atom. The Bertz CT molecular complexity index is 766. The molecular weight excluding hydrogens is 314 g/mol. The molecule has 0 bridgehead atoms. The van der Waals surface area contributed by atoms with Crippen LogP contribution in [0, 0.1) is 11.3 Å². The summed E-state index contributed by atoms with van der Waals surface area (Å²) in [5.41, 5.74) is 1.53. The van der Waals surface area contributed by atoms with Gasteiger partial charge in [-0.05, 0) is 36.2 Å². The van der Waals surface area contributed by atoms with Gasteiger partial charge in [-0.15, -0.1) is 11.3 Å². The lowest BCUT2D eigenvalue weighted by Crippen LogP contribution is -2.29. The Labute approximate surface area is 137 Å². The maximum absolute atomic E-state index is 12.1. The van der Waals surface area contributed by atoms with Crippen LogP contribution >= 0.6 is 11.3 Å². The van der Waals surface area contributed by atoms with Crippen molar-refractivity contribution in [2.75, 3.05) is 25.7 Å². The number of carbonyl (C=O) groups is 1. The van der Waals surface area contributed by atoms with E-state index in [-0.39, 0.29) is 19.2 Å². The van der Waals surface area contributed by atoms with Gasteiger partial charge in [-0.25, -0.2) is 0 Å². The molecule has 23 heavy (non-hydrogen) atoms. The number of carbonyl (C=O) groups excluding carboxylic acids is 1. The molecule has 2 aromatic rings. The summed E-state index contributed by atoms with van der Waals surface area (Å²) in [7, 11) is 1.86. The number of nitriles is 1. The monoisotopic (exact) mass is 329 g/mol. The molecule has 1 aliphatic rings. The molecule has 3 rings (SSSR count). The minimum absolute atomic E-state index is 0.146. The zero-order chi connectivity index (χ0) is 16.2. The largest absolute Gasteiger partial charge is 0.454 e. The average Bonchev–Trinajstić information content (AvgIpc) is 3.14. The summed E-state index contributed by atoms with van der Waals surface area (Å²) in [5.74, 6) is 1.33. The predicted octanol–water partition coefficient (Wildman–Crippen LogP) is 2.42. The highest BCUT2D eigenvalue weighted by atomic mass is 32.1. The molecule has 1 N–H and O–H groups in total. The number of thiophene rings is 1. The summed E-state index contributed by atoms with van der Waals surface area (Å²) >= 11 is 1.34. The van der Waals surface area contributed by atoms with Gasteiger partial charge >= 0.3 is 0 Å². The van der Waals surface area contributed by atoms with Gasteiger partial charge in [0.2, 0.25) is 12.7 Å². The lowest BCUT2D eigenvalue weighted by molar-refractivity contribution is -0.117. The molecule has 1 aliphatic heterocycles. The van der Waals surface area contributed by atoms with Gasteiger partial charge in [-0.1, -0.05) is 6.07 Å². The van der Waals surface area contributed by atoms with Crippen molar-refractivity contribution in [1.29, 1.82) is 5.26 Å². The third kappa shape index (κ3) is 3.62. The number of hydrogen-bond acceptors (Lipinski definition) is 6. The number of likely N-dealkylation sites (N-methyl/N-ethyl adjacent to an activating group) is 1. The van der Waals surface area contributed by atoms with Crippen molar-refractivity contribution < 1.29 is 14.3 Å². The lowest BCUT2D eigenvalue weighted by atomic mass is 10.2. The van der Waals surface area contributed by atoms with Crippen LogP contribution in [0.15, 0.2) is 29.6 Å². The second kappa shape index (κ2) is 6.69. The molecule has 118 valence electrons. The van der Waals surface area contributed by atoms with E-state index in [0.717, 1.165) is 17.1 Å². The van der Waals surface area contributed by atoms with Crippen LogP contribution in [-0.2, 0) is 11.3 Å². The van der Waals surface area contributed by atoms with Gasteiger partial charge in [0.1, 0.15) is 11.1 Å². The molecule has 0 atom stereocenters. The number of rotatable bonds is 5. The van der Waals surface area contributed by atoms with Crippen LogP contribution in [0.2, 0.25) is 0 Å². The normalized spacial score (nSPS) is 12.2. The third-order valence-corrected chi connectivity index (χ3v) is 4.17. The molecule has 0 spiro atoms.